The first-order valence-electron chi connectivity index (χ1n) is 13.9. The van der Waals surface area contributed by atoms with Crippen LogP contribution >= 0.6 is 11.6 Å². The molecule has 9 nitrogen and oxygen atoms in total. The van der Waals surface area contributed by atoms with E-state index < -0.39 is 35.1 Å². The van der Waals surface area contributed by atoms with Gasteiger partial charge in [0.05, 0.1) is 16.6 Å². The van der Waals surface area contributed by atoms with Crippen LogP contribution in [0.4, 0.5) is 19.4 Å². The lowest BCUT2D eigenvalue weighted by Gasteiger charge is -2.45. The van der Waals surface area contributed by atoms with Crippen LogP contribution in [0.2, 0.25) is 5.02 Å². The fraction of sp³-hybridized carbons (Fsp3) is 0.467. The highest BCUT2D eigenvalue weighted by molar-refractivity contribution is 6.35. The Morgan fingerprint density at radius 1 is 1.19 bits per heavy atom. The third-order valence-corrected chi connectivity index (χ3v) is 7.88. The largest absolute Gasteiger partial charge is 0.488 e. The first-order chi connectivity index (χ1) is 19.8. The monoisotopic (exact) mass is 602 g/mol. The van der Waals surface area contributed by atoms with E-state index in [-0.39, 0.29) is 47.0 Å². The van der Waals surface area contributed by atoms with Gasteiger partial charge in [0.15, 0.2) is 5.75 Å². The summed E-state index contributed by atoms with van der Waals surface area (Å²) in [5, 5.41) is 0.636. The minimum atomic E-state index is -0.830. The smallest absolute Gasteiger partial charge is 0.410 e. The molecule has 0 radical (unpaired) electrons. The van der Waals surface area contributed by atoms with Crippen LogP contribution in [0.3, 0.4) is 0 Å². The second kappa shape index (κ2) is 11.2. The van der Waals surface area contributed by atoms with Crippen molar-refractivity contribution in [1.82, 2.24) is 14.5 Å². The van der Waals surface area contributed by atoms with Gasteiger partial charge in [-0.2, -0.15) is 4.98 Å². The summed E-state index contributed by atoms with van der Waals surface area (Å²) in [5.74, 6) is -1.04. The highest BCUT2D eigenvalue weighted by atomic mass is 35.5. The van der Waals surface area contributed by atoms with E-state index in [2.05, 4.69) is 4.98 Å². The van der Waals surface area contributed by atoms with E-state index in [1.165, 1.54) is 10.6 Å². The van der Waals surface area contributed by atoms with Gasteiger partial charge in [-0.15, -0.1) is 0 Å². The molecule has 3 atom stereocenters. The number of hydrogen-bond acceptors (Lipinski definition) is 7. The number of ether oxygens (including phenoxy) is 2. The summed E-state index contributed by atoms with van der Waals surface area (Å²) in [4.78, 5) is 45.9. The summed E-state index contributed by atoms with van der Waals surface area (Å²) in [5.41, 5.74) is -0.625. The number of amides is 1. The minimum Gasteiger partial charge on any atom is -0.488 e. The van der Waals surface area contributed by atoms with E-state index in [1.54, 1.807) is 11.0 Å². The summed E-state index contributed by atoms with van der Waals surface area (Å²) in [6.45, 7) is 9.94. The number of hydrogen-bond donors (Lipinski definition) is 0. The zero-order valence-electron chi connectivity index (χ0n) is 24.1. The first-order valence-corrected chi connectivity index (χ1v) is 14.2. The van der Waals surface area contributed by atoms with E-state index in [0.717, 1.165) is 18.4 Å². The van der Waals surface area contributed by atoms with Gasteiger partial charge in [0, 0.05) is 54.2 Å². The minimum absolute atomic E-state index is 0.0231. The molecule has 1 fully saturated rings. The Balaban J connectivity index is 1.67. The molecule has 3 heterocycles. The van der Waals surface area contributed by atoms with Crippen molar-refractivity contribution in [3.63, 3.8) is 0 Å². The Morgan fingerprint density at radius 2 is 1.93 bits per heavy atom. The number of anilines is 1. The number of carbonyl (C=O) groups is 2. The molecule has 1 aromatic heterocycles. The van der Waals surface area contributed by atoms with Crippen LogP contribution < -0.4 is 15.3 Å². The number of benzene rings is 2. The molecule has 1 saturated heterocycles. The lowest BCUT2D eigenvalue weighted by Crippen LogP contribution is -2.59. The van der Waals surface area contributed by atoms with Crippen molar-refractivity contribution in [2.45, 2.75) is 71.2 Å². The van der Waals surface area contributed by atoms with Crippen LogP contribution in [0.25, 0.3) is 22.0 Å². The van der Waals surface area contributed by atoms with Crippen LogP contribution in [0, 0.1) is 11.6 Å². The Bertz CT molecular complexity index is 1620. The summed E-state index contributed by atoms with van der Waals surface area (Å²) in [6, 6.07) is 3.75. The second-order valence-electron chi connectivity index (χ2n) is 11.9. The van der Waals surface area contributed by atoms with E-state index in [1.807, 2.05) is 39.5 Å². The molecule has 224 valence electrons. The standard InChI is InChI=1S/C30H33ClF2N4O5/c1-16-14-36(29(40)42-30(3,4)5)17(2)13-35(16)27-21-12-22(31)24(20-9-8-18(32)11-23(20)33)26-25(21)37(28(39)34-27)19(15-41-26)7-6-10-38/h8-12,16-17,19H,6-7,13-15H2,1-5H3/t16-,17+,19+/m0/s1. The highest BCUT2D eigenvalue weighted by Gasteiger charge is 2.38. The molecule has 0 unspecified atom stereocenters. The predicted octanol–water partition coefficient (Wildman–Crippen LogP) is 5.74. The maximum atomic E-state index is 15.0. The Kier molecular flexibility index (Phi) is 7.91. The molecule has 2 aliphatic rings. The zero-order valence-corrected chi connectivity index (χ0v) is 24.9. The van der Waals surface area contributed by atoms with Crippen molar-refractivity contribution in [3.8, 4) is 16.9 Å². The molecule has 5 rings (SSSR count). The molecule has 0 bridgehead atoms. The van der Waals surface area contributed by atoms with Crippen molar-refractivity contribution in [1.29, 1.82) is 0 Å². The highest BCUT2D eigenvalue weighted by Crippen LogP contribution is 2.47. The molecule has 2 aromatic carbocycles. The normalized spacial score (nSPS) is 20.4. The van der Waals surface area contributed by atoms with E-state index in [9.17, 15) is 18.8 Å². The van der Waals surface area contributed by atoms with Gasteiger partial charge in [-0.25, -0.2) is 18.4 Å². The van der Waals surface area contributed by atoms with Crippen molar-refractivity contribution in [2.24, 2.45) is 0 Å². The topological polar surface area (TPSA) is 94.0 Å². The van der Waals surface area contributed by atoms with Crippen LogP contribution in [-0.4, -0.2) is 64.2 Å². The number of aldehydes is 1. The van der Waals surface area contributed by atoms with Crippen LogP contribution in [0.15, 0.2) is 29.1 Å². The molecular formula is C30H33ClF2N4O5. The average molecular weight is 603 g/mol. The second-order valence-corrected chi connectivity index (χ2v) is 12.3. The Morgan fingerprint density at radius 3 is 2.60 bits per heavy atom. The maximum Gasteiger partial charge on any atom is 0.410 e. The first kappa shape index (κ1) is 29.8. The third-order valence-electron chi connectivity index (χ3n) is 7.59. The van der Waals surface area contributed by atoms with Crippen molar-refractivity contribution in [2.75, 3.05) is 24.6 Å². The molecule has 0 aliphatic carbocycles. The van der Waals surface area contributed by atoms with E-state index in [4.69, 9.17) is 21.1 Å². The van der Waals surface area contributed by atoms with Gasteiger partial charge in [0.25, 0.3) is 0 Å². The van der Waals surface area contributed by atoms with Gasteiger partial charge >= 0.3 is 11.8 Å². The SMILES string of the molecule is C[C@@H]1CN(c2nc(=O)n3c4c(c(-c5ccc(F)cc5F)c(Cl)cc24)OC[C@H]3CCC=O)[C@@H](C)CN1C(=O)OC(C)(C)C. The van der Waals surface area contributed by atoms with Crippen molar-refractivity contribution in [3.05, 3.63) is 51.4 Å². The van der Waals surface area contributed by atoms with E-state index >= 15 is 4.39 Å². The van der Waals surface area contributed by atoms with E-state index in [0.29, 0.717) is 36.2 Å². The van der Waals surface area contributed by atoms with Crippen LogP contribution in [0.1, 0.15) is 53.5 Å². The van der Waals surface area contributed by atoms with Crippen LogP contribution in [-0.2, 0) is 9.53 Å². The molecule has 0 N–H and O–H groups in total. The molecule has 0 spiro atoms. The Hall–Kier alpha value is -3.73. The third kappa shape index (κ3) is 5.42. The van der Waals surface area contributed by atoms with Gasteiger partial charge in [-0.3, -0.25) is 4.57 Å². The molecule has 3 aromatic rings. The summed E-state index contributed by atoms with van der Waals surface area (Å²) >= 11 is 6.78. The summed E-state index contributed by atoms with van der Waals surface area (Å²) in [7, 11) is 0. The number of rotatable bonds is 5. The number of nitrogens with zero attached hydrogens (tertiary/aromatic N) is 4. The summed E-state index contributed by atoms with van der Waals surface area (Å²) in [6.07, 6.45) is 0.886. The van der Waals surface area contributed by atoms with Crippen molar-refractivity contribution >= 4 is 40.7 Å². The molecule has 12 heteroatoms. The van der Waals surface area contributed by atoms with Crippen molar-refractivity contribution < 1.29 is 27.8 Å². The zero-order chi connectivity index (χ0) is 30.5. The average Bonchev–Trinajstić information content (AvgIpc) is 2.90. The molecule has 2 aliphatic heterocycles. The van der Waals surface area contributed by atoms with Gasteiger partial charge < -0.3 is 24.1 Å². The lowest BCUT2D eigenvalue weighted by atomic mass is 9.98. The molecule has 42 heavy (non-hydrogen) atoms. The quantitative estimate of drug-likeness (QED) is 0.344. The van der Waals surface area contributed by atoms with Gasteiger partial charge in [0.1, 0.15) is 35.9 Å². The van der Waals surface area contributed by atoms with Gasteiger partial charge in [-0.05, 0) is 59.2 Å². The van der Waals surface area contributed by atoms with Gasteiger partial charge in [-0.1, -0.05) is 11.6 Å². The number of aromatic nitrogens is 2. The fourth-order valence-corrected chi connectivity index (χ4v) is 5.99. The number of piperazine rings is 1. The summed E-state index contributed by atoms with van der Waals surface area (Å²) < 4.78 is 42.0. The van der Waals surface area contributed by atoms with Crippen LogP contribution in [0.5, 0.6) is 5.75 Å². The molecular weight excluding hydrogens is 570 g/mol. The predicted molar refractivity (Wildman–Crippen MR) is 155 cm³/mol. The van der Waals surface area contributed by atoms with Gasteiger partial charge in [0.2, 0.25) is 0 Å². The number of carbonyl (C=O) groups excluding carboxylic acids is 2. The molecule has 0 saturated carbocycles. The number of halogens is 3. The lowest BCUT2D eigenvalue weighted by molar-refractivity contribution is -0.108. The Labute approximate surface area is 247 Å². The fourth-order valence-electron chi connectivity index (χ4n) is 5.69. The maximum absolute atomic E-state index is 15.0. The molecule has 1 amide bonds.